The number of aryl methyl sites for hydroxylation is 1. The molecule has 0 aliphatic heterocycles. The third-order valence-corrected chi connectivity index (χ3v) is 4.66. The molecule has 0 saturated carbocycles. The summed E-state index contributed by atoms with van der Waals surface area (Å²) in [6.07, 6.45) is 0. The molecule has 2 aromatic carbocycles. The minimum Gasteiger partial charge on any atom is -0.259 e. The van der Waals surface area contributed by atoms with E-state index in [2.05, 4.69) is 0 Å². The third kappa shape index (κ3) is 4.34. The molecule has 0 aliphatic rings. The average molecular weight is 313 g/mol. The molecular formula is C15H14Cl2OS. The van der Waals surface area contributed by atoms with Crippen LogP contribution in [0.15, 0.2) is 42.5 Å². The zero-order valence-corrected chi connectivity index (χ0v) is 12.9. The quantitative estimate of drug-likeness (QED) is 0.796. The first-order chi connectivity index (χ1) is 9.04. The molecule has 4 heteroatoms. The monoisotopic (exact) mass is 312 g/mol. The van der Waals surface area contributed by atoms with Crippen LogP contribution < -0.4 is 0 Å². The molecule has 0 unspecified atom stereocenters. The summed E-state index contributed by atoms with van der Waals surface area (Å²) in [6, 6.07) is 13.4. The number of hydrogen-bond acceptors (Lipinski definition) is 1. The largest absolute Gasteiger partial charge is 0.259 e. The van der Waals surface area contributed by atoms with Crippen molar-refractivity contribution in [3.63, 3.8) is 0 Å². The van der Waals surface area contributed by atoms with Gasteiger partial charge in [0.25, 0.3) is 0 Å². The first-order valence-electron chi connectivity index (χ1n) is 5.89. The normalized spacial score (nSPS) is 12.4. The predicted molar refractivity (Wildman–Crippen MR) is 83.2 cm³/mol. The van der Waals surface area contributed by atoms with Gasteiger partial charge in [-0.05, 0) is 30.2 Å². The van der Waals surface area contributed by atoms with E-state index in [0.717, 1.165) is 11.1 Å². The van der Waals surface area contributed by atoms with Gasteiger partial charge in [-0.1, -0.05) is 59.1 Å². The van der Waals surface area contributed by atoms with Crippen LogP contribution in [0.3, 0.4) is 0 Å². The summed E-state index contributed by atoms with van der Waals surface area (Å²) in [5, 5.41) is 1.17. The van der Waals surface area contributed by atoms with Gasteiger partial charge in [-0.2, -0.15) is 0 Å². The van der Waals surface area contributed by atoms with Crippen LogP contribution >= 0.6 is 23.2 Å². The zero-order chi connectivity index (χ0) is 13.8. The lowest BCUT2D eigenvalue weighted by molar-refractivity contribution is 0.682. The van der Waals surface area contributed by atoms with Gasteiger partial charge in [0.2, 0.25) is 0 Å². The number of hydrogen-bond donors (Lipinski definition) is 0. The molecule has 1 atom stereocenters. The number of benzene rings is 2. The molecule has 0 N–H and O–H groups in total. The van der Waals surface area contributed by atoms with Gasteiger partial charge in [-0.15, -0.1) is 0 Å². The smallest absolute Gasteiger partial charge is 0.0503 e. The molecule has 2 rings (SSSR count). The SMILES string of the molecule is Cc1ccc(C[S@@](=O)Cc2ccc(Cl)cc2Cl)cc1. The Bertz CT molecular complexity index is 594. The van der Waals surface area contributed by atoms with Gasteiger partial charge < -0.3 is 0 Å². The van der Waals surface area contributed by atoms with Crippen molar-refractivity contribution in [2.45, 2.75) is 18.4 Å². The highest BCUT2D eigenvalue weighted by Gasteiger charge is 2.07. The van der Waals surface area contributed by atoms with E-state index in [1.54, 1.807) is 12.1 Å². The fourth-order valence-electron chi connectivity index (χ4n) is 1.73. The van der Waals surface area contributed by atoms with E-state index in [4.69, 9.17) is 23.2 Å². The summed E-state index contributed by atoms with van der Waals surface area (Å²) in [5.41, 5.74) is 3.15. The maximum atomic E-state index is 12.1. The Morgan fingerprint density at radius 1 is 1.00 bits per heavy atom. The van der Waals surface area contributed by atoms with Crippen molar-refractivity contribution in [3.05, 3.63) is 69.2 Å². The van der Waals surface area contributed by atoms with Gasteiger partial charge >= 0.3 is 0 Å². The van der Waals surface area contributed by atoms with Crippen molar-refractivity contribution in [2.24, 2.45) is 0 Å². The highest BCUT2D eigenvalue weighted by molar-refractivity contribution is 7.83. The van der Waals surface area contributed by atoms with E-state index in [1.165, 1.54) is 5.56 Å². The van der Waals surface area contributed by atoms with E-state index >= 15 is 0 Å². The summed E-state index contributed by atoms with van der Waals surface area (Å²) in [4.78, 5) is 0. The summed E-state index contributed by atoms with van der Waals surface area (Å²) in [5.74, 6) is 0.989. The van der Waals surface area contributed by atoms with Gasteiger partial charge in [0.1, 0.15) is 0 Å². The Labute approximate surface area is 126 Å². The minimum absolute atomic E-state index is 0.448. The van der Waals surface area contributed by atoms with Crippen molar-refractivity contribution < 1.29 is 4.21 Å². The summed E-state index contributed by atoms with van der Waals surface area (Å²) in [6.45, 7) is 2.04. The molecule has 0 amide bonds. The molecule has 0 heterocycles. The van der Waals surface area contributed by atoms with Crippen LogP contribution in [0, 0.1) is 6.92 Å². The van der Waals surface area contributed by atoms with E-state index in [9.17, 15) is 4.21 Å². The van der Waals surface area contributed by atoms with Crippen molar-refractivity contribution in [1.82, 2.24) is 0 Å². The lowest BCUT2D eigenvalue weighted by Gasteiger charge is -2.06. The molecule has 0 aromatic heterocycles. The Kier molecular flexibility index (Phi) is 5.03. The van der Waals surface area contributed by atoms with Gasteiger partial charge in [-0.25, -0.2) is 0 Å². The standard InChI is InChI=1S/C15H14Cl2OS/c1-11-2-4-12(5-3-11)9-19(18)10-13-6-7-14(16)8-15(13)17/h2-8H,9-10H2,1H3/t19-/m1/s1. The maximum Gasteiger partial charge on any atom is 0.0503 e. The fourth-order valence-corrected chi connectivity index (χ4v) is 3.55. The van der Waals surface area contributed by atoms with Crippen LogP contribution in [-0.2, 0) is 22.3 Å². The highest BCUT2D eigenvalue weighted by atomic mass is 35.5. The van der Waals surface area contributed by atoms with Crippen molar-refractivity contribution in [2.75, 3.05) is 0 Å². The third-order valence-electron chi connectivity index (χ3n) is 2.78. The molecule has 0 spiro atoms. The topological polar surface area (TPSA) is 17.1 Å². The van der Waals surface area contributed by atoms with Crippen LogP contribution in [0.25, 0.3) is 0 Å². The zero-order valence-electron chi connectivity index (χ0n) is 10.5. The van der Waals surface area contributed by atoms with Gasteiger partial charge in [0, 0.05) is 26.6 Å². The second-order valence-electron chi connectivity index (χ2n) is 4.45. The molecule has 0 fully saturated rings. The minimum atomic E-state index is -0.973. The highest BCUT2D eigenvalue weighted by Crippen LogP contribution is 2.22. The Hall–Kier alpha value is -0.830. The Balaban J connectivity index is 2.03. The fraction of sp³-hybridized carbons (Fsp3) is 0.200. The van der Waals surface area contributed by atoms with Gasteiger partial charge in [0.15, 0.2) is 0 Å². The average Bonchev–Trinajstić information content (AvgIpc) is 2.36. The molecule has 0 bridgehead atoms. The first-order valence-corrected chi connectivity index (χ1v) is 8.13. The molecule has 0 aliphatic carbocycles. The van der Waals surface area contributed by atoms with Crippen molar-refractivity contribution >= 4 is 34.0 Å². The second kappa shape index (κ2) is 6.56. The Morgan fingerprint density at radius 3 is 2.32 bits per heavy atom. The molecule has 19 heavy (non-hydrogen) atoms. The molecule has 0 radical (unpaired) electrons. The maximum absolute atomic E-state index is 12.1. The van der Waals surface area contributed by atoms with Gasteiger partial charge in [-0.3, -0.25) is 4.21 Å². The summed E-state index contributed by atoms with van der Waals surface area (Å²) >= 11 is 11.9. The van der Waals surface area contributed by atoms with E-state index < -0.39 is 10.8 Å². The van der Waals surface area contributed by atoms with Crippen LogP contribution in [-0.4, -0.2) is 4.21 Å². The van der Waals surface area contributed by atoms with Crippen LogP contribution in [0.1, 0.15) is 16.7 Å². The second-order valence-corrected chi connectivity index (χ2v) is 6.75. The van der Waals surface area contributed by atoms with Crippen molar-refractivity contribution in [1.29, 1.82) is 0 Å². The van der Waals surface area contributed by atoms with E-state index in [1.807, 2.05) is 37.3 Å². The Morgan fingerprint density at radius 2 is 1.68 bits per heavy atom. The summed E-state index contributed by atoms with van der Waals surface area (Å²) in [7, 11) is -0.973. The molecule has 0 saturated heterocycles. The number of halogens is 2. The van der Waals surface area contributed by atoms with Crippen LogP contribution in [0.4, 0.5) is 0 Å². The predicted octanol–water partition coefficient (Wildman–Crippen LogP) is 4.75. The summed E-state index contributed by atoms with van der Waals surface area (Å²) < 4.78 is 12.1. The molecule has 2 aromatic rings. The molecule has 100 valence electrons. The van der Waals surface area contributed by atoms with Crippen molar-refractivity contribution in [3.8, 4) is 0 Å². The van der Waals surface area contributed by atoms with E-state index in [0.29, 0.717) is 21.6 Å². The van der Waals surface area contributed by atoms with E-state index in [-0.39, 0.29) is 0 Å². The van der Waals surface area contributed by atoms with Crippen LogP contribution in [0.2, 0.25) is 10.0 Å². The lowest BCUT2D eigenvalue weighted by Crippen LogP contribution is -2.00. The lowest BCUT2D eigenvalue weighted by atomic mass is 10.2. The number of rotatable bonds is 4. The molecular weight excluding hydrogens is 299 g/mol. The first kappa shape index (κ1) is 14.6. The van der Waals surface area contributed by atoms with Crippen LogP contribution in [0.5, 0.6) is 0 Å². The van der Waals surface area contributed by atoms with Gasteiger partial charge in [0.05, 0.1) is 5.75 Å². The molecule has 1 nitrogen and oxygen atoms in total.